The molecule has 1 aromatic carbocycles. The molecular formula is C30H38N4O3. The Morgan fingerprint density at radius 1 is 1.08 bits per heavy atom. The molecule has 0 radical (unpaired) electrons. The molecule has 0 bridgehead atoms. The van der Waals surface area contributed by atoms with Gasteiger partial charge in [0.1, 0.15) is 5.75 Å². The highest BCUT2D eigenvalue weighted by molar-refractivity contribution is 5.79. The molecule has 2 aromatic heterocycles. The van der Waals surface area contributed by atoms with Gasteiger partial charge in [-0.1, -0.05) is 12.1 Å². The highest BCUT2D eigenvalue weighted by Crippen LogP contribution is 2.53. The summed E-state index contributed by atoms with van der Waals surface area (Å²) < 4.78 is 1.80. The van der Waals surface area contributed by atoms with Gasteiger partial charge in [-0.2, -0.15) is 5.10 Å². The van der Waals surface area contributed by atoms with Crippen molar-refractivity contribution in [2.75, 3.05) is 26.2 Å². The SMILES string of the molecule is Cc1ccc(O)cc1C12CCN(C(=O)Cc3cc4ccccn4n3)CCC1(O)C(C)N(CC1CC1)CC2. The number of aromatic nitrogens is 2. The maximum atomic E-state index is 13.5. The molecule has 6 rings (SSSR count). The molecule has 2 N–H and O–H groups in total. The van der Waals surface area contributed by atoms with Crippen LogP contribution in [0.4, 0.5) is 0 Å². The molecule has 7 nitrogen and oxygen atoms in total. The zero-order valence-electron chi connectivity index (χ0n) is 21.9. The van der Waals surface area contributed by atoms with E-state index in [9.17, 15) is 15.0 Å². The van der Waals surface area contributed by atoms with Crippen LogP contribution in [0.1, 0.15) is 55.8 Å². The van der Waals surface area contributed by atoms with Crippen molar-refractivity contribution < 1.29 is 15.0 Å². The molecule has 37 heavy (non-hydrogen) atoms. The normalized spacial score (nSPS) is 28.7. The second-order valence-electron chi connectivity index (χ2n) is 11.6. The van der Waals surface area contributed by atoms with Gasteiger partial charge in [0.15, 0.2) is 0 Å². The monoisotopic (exact) mass is 502 g/mol. The number of phenolic OH excluding ortho intramolecular Hbond substituents is 1. The van der Waals surface area contributed by atoms with Gasteiger partial charge in [0, 0.05) is 37.3 Å². The van der Waals surface area contributed by atoms with Crippen molar-refractivity contribution in [1.82, 2.24) is 19.4 Å². The van der Waals surface area contributed by atoms with E-state index in [1.54, 1.807) is 10.6 Å². The van der Waals surface area contributed by atoms with Crippen LogP contribution in [0.15, 0.2) is 48.7 Å². The number of rotatable bonds is 5. The van der Waals surface area contributed by atoms with E-state index < -0.39 is 11.0 Å². The number of hydrogen-bond donors (Lipinski definition) is 2. The Kier molecular flexibility index (Phi) is 6.03. The van der Waals surface area contributed by atoms with Crippen molar-refractivity contribution in [2.45, 2.75) is 69.4 Å². The van der Waals surface area contributed by atoms with Crippen LogP contribution < -0.4 is 0 Å². The average molecular weight is 503 g/mol. The topological polar surface area (TPSA) is 81.3 Å². The number of piperidine rings is 1. The molecule has 3 fully saturated rings. The lowest BCUT2D eigenvalue weighted by molar-refractivity contribution is -0.137. The first-order valence-electron chi connectivity index (χ1n) is 13.8. The summed E-state index contributed by atoms with van der Waals surface area (Å²) in [5.41, 5.74) is 2.33. The number of fused-ring (bicyclic) bond motifs is 2. The maximum Gasteiger partial charge on any atom is 0.228 e. The Balaban J connectivity index is 1.31. The van der Waals surface area contributed by atoms with Gasteiger partial charge in [0.05, 0.1) is 23.2 Å². The van der Waals surface area contributed by atoms with Crippen molar-refractivity contribution in [1.29, 1.82) is 0 Å². The summed E-state index contributed by atoms with van der Waals surface area (Å²) >= 11 is 0. The van der Waals surface area contributed by atoms with Gasteiger partial charge in [-0.25, -0.2) is 4.52 Å². The number of aliphatic hydroxyl groups is 1. The Morgan fingerprint density at radius 3 is 2.65 bits per heavy atom. The number of hydrogen-bond acceptors (Lipinski definition) is 5. The fourth-order valence-corrected chi connectivity index (χ4v) is 7.08. The number of amides is 1. The van der Waals surface area contributed by atoms with E-state index in [2.05, 4.69) is 23.8 Å². The molecule has 1 aliphatic carbocycles. The predicted octanol–water partition coefficient (Wildman–Crippen LogP) is 3.69. The summed E-state index contributed by atoms with van der Waals surface area (Å²) in [4.78, 5) is 17.9. The van der Waals surface area contributed by atoms with Crippen LogP contribution in [0, 0.1) is 12.8 Å². The van der Waals surface area contributed by atoms with Crippen LogP contribution in [0.2, 0.25) is 0 Å². The van der Waals surface area contributed by atoms with Gasteiger partial charge in [-0.3, -0.25) is 9.69 Å². The second kappa shape index (κ2) is 9.14. The fourth-order valence-electron chi connectivity index (χ4n) is 7.08. The van der Waals surface area contributed by atoms with Gasteiger partial charge < -0.3 is 15.1 Å². The Labute approximate surface area is 218 Å². The number of aryl methyl sites for hydroxylation is 1. The maximum absolute atomic E-state index is 13.5. The smallest absolute Gasteiger partial charge is 0.228 e. The number of nitrogens with zero attached hydrogens (tertiary/aromatic N) is 4. The van der Waals surface area contributed by atoms with Gasteiger partial charge in [-0.15, -0.1) is 0 Å². The summed E-state index contributed by atoms with van der Waals surface area (Å²) in [6, 6.07) is 13.4. The molecule has 7 heteroatoms. The molecule has 1 amide bonds. The first-order chi connectivity index (χ1) is 17.8. The summed E-state index contributed by atoms with van der Waals surface area (Å²) in [6.07, 6.45) is 6.72. The van der Waals surface area contributed by atoms with Crippen LogP contribution in [-0.2, 0) is 16.6 Å². The van der Waals surface area contributed by atoms with Crippen molar-refractivity contribution in [3.05, 3.63) is 65.5 Å². The van der Waals surface area contributed by atoms with Crippen molar-refractivity contribution in [2.24, 2.45) is 5.92 Å². The minimum Gasteiger partial charge on any atom is -0.508 e. The molecule has 1 saturated carbocycles. The molecule has 4 heterocycles. The van der Waals surface area contributed by atoms with Crippen molar-refractivity contribution >= 4 is 11.4 Å². The fraction of sp³-hybridized carbons (Fsp3) is 0.533. The van der Waals surface area contributed by atoms with E-state index in [1.165, 1.54) is 12.8 Å². The Bertz CT molecular complexity index is 1280. The van der Waals surface area contributed by atoms with Crippen LogP contribution in [0.25, 0.3) is 5.52 Å². The predicted molar refractivity (Wildman–Crippen MR) is 143 cm³/mol. The van der Waals surface area contributed by atoms with Gasteiger partial charge >= 0.3 is 0 Å². The third-order valence-electron chi connectivity index (χ3n) is 9.50. The van der Waals surface area contributed by atoms with Gasteiger partial charge in [0.2, 0.25) is 5.91 Å². The number of pyridine rings is 1. The van der Waals surface area contributed by atoms with E-state index in [0.717, 1.165) is 47.8 Å². The first-order valence-corrected chi connectivity index (χ1v) is 13.8. The summed E-state index contributed by atoms with van der Waals surface area (Å²) in [7, 11) is 0. The zero-order valence-corrected chi connectivity index (χ0v) is 21.9. The minimum atomic E-state index is -1.00. The van der Waals surface area contributed by atoms with Gasteiger partial charge in [-0.05, 0) is 99.9 Å². The summed E-state index contributed by atoms with van der Waals surface area (Å²) in [6.45, 7) is 7.30. The molecule has 3 aliphatic rings. The van der Waals surface area contributed by atoms with E-state index in [4.69, 9.17) is 0 Å². The lowest BCUT2D eigenvalue weighted by Crippen LogP contribution is -2.68. The summed E-state index contributed by atoms with van der Waals surface area (Å²) in [5, 5.41) is 27.7. The lowest BCUT2D eigenvalue weighted by atomic mass is 9.57. The number of likely N-dealkylation sites (tertiary alicyclic amines) is 2. The lowest BCUT2D eigenvalue weighted by Gasteiger charge is -2.57. The highest BCUT2D eigenvalue weighted by Gasteiger charge is 2.59. The standard InChI is InChI=1S/C30H38N4O3/c1-21-6-9-26(35)19-27(21)29-10-14-32(28(36)18-24-17-25-5-3-4-13-34(25)31-24)16-12-30(29,37)22(2)33(15-11-29)20-23-7-8-23/h3-6,9,13,17,19,22-23,35,37H,7-8,10-12,14-16,18,20H2,1-2H3. The molecule has 2 saturated heterocycles. The van der Waals surface area contributed by atoms with Crippen LogP contribution >= 0.6 is 0 Å². The van der Waals surface area contributed by atoms with Crippen molar-refractivity contribution in [3.63, 3.8) is 0 Å². The zero-order chi connectivity index (χ0) is 25.8. The molecule has 2 aliphatic heterocycles. The van der Waals surface area contributed by atoms with Crippen LogP contribution in [-0.4, -0.2) is 73.4 Å². The highest BCUT2D eigenvalue weighted by atomic mass is 16.3. The first kappa shape index (κ1) is 24.4. The van der Waals surface area contributed by atoms with Gasteiger partial charge in [0.25, 0.3) is 0 Å². The van der Waals surface area contributed by atoms with E-state index >= 15 is 0 Å². The quantitative estimate of drug-likeness (QED) is 0.556. The minimum absolute atomic E-state index is 0.0305. The van der Waals surface area contributed by atoms with E-state index in [-0.39, 0.29) is 24.1 Å². The Morgan fingerprint density at radius 2 is 1.86 bits per heavy atom. The number of benzene rings is 1. The number of carbonyl (C=O) groups excluding carboxylic acids is 1. The largest absolute Gasteiger partial charge is 0.508 e. The average Bonchev–Trinajstić information content (AvgIpc) is 3.63. The third-order valence-corrected chi connectivity index (χ3v) is 9.50. The molecular weight excluding hydrogens is 464 g/mol. The van der Waals surface area contributed by atoms with Crippen molar-refractivity contribution in [3.8, 4) is 5.75 Å². The van der Waals surface area contributed by atoms with Crippen LogP contribution in [0.5, 0.6) is 5.75 Å². The third kappa shape index (κ3) is 4.22. The molecule has 3 atom stereocenters. The number of carbonyl (C=O) groups is 1. The van der Waals surface area contributed by atoms with E-state index in [0.29, 0.717) is 25.9 Å². The molecule has 3 aromatic rings. The molecule has 0 spiro atoms. The molecule has 3 unspecified atom stereocenters. The second-order valence-corrected chi connectivity index (χ2v) is 11.6. The number of aromatic hydroxyl groups is 1. The number of phenols is 1. The molecule has 196 valence electrons. The van der Waals surface area contributed by atoms with Crippen LogP contribution in [0.3, 0.4) is 0 Å². The van der Waals surface area contributed by atoms with E-state index in [1.807, 2.05) is 47.5 Å². The summed E-state index contributed by atoms with van der Waals surface area (Å²) in [5.74, 6) is 1.03. The Hall–Kier alpha value is -2.90.